The SMILES string of the molecule is [2H]C([2H])([2H])c1cnc(-c2[c-]ccc3c2Oc2cccc4c2B3c2ccccc2O4)cc1C([2H])([2H])C(C)(C)C.[Ir].[c-]1ccccc1-c1ccccn1. The molecule has 0 saturated heterocycles. The molecule has 4 aromatic carbocycles. The summed E-state index contributed by atoms with van der Waals surface area (Å²) < 4.78 is 54.5. The number of aromatic nitrogens is 2. The van der Waals surface area contributed by atoms with Gasteiger partial charge < -0.3 is 19.4 Å². The zero-order valence-electron chi connectivity index (χ0n) is 30.6. The van der Waals surface area contributed by atoms with Gasteiger partial charge in [0.25, 0.3) is 0 Å². The number of pyridine rings is 2. The largest absolute Gasteiger partial charge is 0.503 e. The van der Waals surface area contributed by atoms with Gasteiger partial charge in [-0.15, -0.1) is 59.6 Å². The summed E-state index contributed by atoms with van der Waals surface area (Å²) in [4.78, 5) is 8.72. The predicted molar refractivity (Wildman–Crippen MR) is 183 cm³/mol. The normalized spacial score (nSPS) is 14.3. The molecule has 229 valence electrons. The van der Waals surface area contributed by atoms with Crippen LogP contribution in [0.2, 0.25) is 0 Å². The van der Waals surface area contributed by atoms with Crippen LogP contribution in [0.15, 0.2) is 116 Å². The van der Waals surface area contributed by atoms with Crippen molar-refractivity contribution in [3.63, 3.8) is 0 Å². The first-order valence-corrected chi connectivity index (χ1v) is 14.9. The van der Waals surface area contributed by atoms with Crippen LogP contribution < -0.4 is 25.9 Å². The number of aryl methyl sites for hydroxylation is 1. The molecule has 6 aromatic rings. The number of para-hydroxylation sites is 1. The van der Waals surface area contributed by atoms with Crippen LogP contribution in [0.5, 0.6) is 23.0 Å². The van der Waals surface area contributed by atoms with E-state index in [1.807, 2.05) is 91.0 Å². The number of fused-ring (bicyclic) bond motifs is 4. The van der Waals surface area contributed by atoms with Crippen molar-refractivity contribution in [1.82, 2.24) is 9.97 Å². The van der Waals surface area contributed by atoms with Crippen LogP contribution in [-0.2, 0) is 26.5 Å². The summed E-state index contributed by atoms with van der Waals surface area (Å²) in [5.41, 5.74) is 4.98. The summed E-state index contributed by atoms with van der Waals surface area (Å²) >= 11 is 0. The van der Waals surface area contributed by atoms with E-state index in [-0.39, 0.29) is 37.9 Å². The molecule has 0 spiro atoms. The molecule has 0 fully saturated rings. The van der Waals surface area contributed by atoms with Crippen molar-refractivity contribution >= 4 is 23.1 Å². The minimum absolute atomic E-state index is 0. The van der Waals surface area contributed by atoms with Crippen LogP contribution in [0, 0.1) is 24.4 Å². The molecule has 1 radical (unpaired) electrons. The van der Waals surface area contributed by atoms with Gasteiger partial charge in [-0.2, -0.15) is 0 Å². The second kappa shape index (κ2) is 13.1. The number of rotatable bonds is 3. The van der Waals surface area contributed by atoms with Gasteiger partial charge in [-0.05, 0) is 65.3 Å². The second-order valence-corrected chi connectivity index (χ2v) is 12.0. The Morgan fingerprint density at radius 3 is 2.33 bits per heavy atom. The van der Waals surface area contributed by atoms with E-state index in [0.29, 0.717) is 22.8 Å². The molecule has 2 aromatic heterocycles. The zero-order valence-corrected chi connectivity index (χ0v) is 28.0. The van der Waals surface area contributed by atoms with E-state index in [4.69, 9.17) is 16.3 Å². The van der Waals surface area contributed by atoms with Crippen molar-refractivity contribution in [2.75, 3.05) is 0 Å². The van der Waals surface area contributed by atoms with Crippen LogP contribution >= 0.6 is 0 Å². The van der Waals surface area contributed by atoms with Crippen LogP contribution in [0.1, 0.15) is 38.8 Å². The molecule has 0 saturated carbocycles. The Hall–Kier alpha value is -4.51. The molecule has 4 heterocycles. The summed E-state index contributed by atoms with van der Waals surface area (Å²) in [6.07, 6.45) is 1.12. The van der Waals surface area contributed by atoms with Crippen LogP contribution in [0.3, 0.4) is 0 Å². The minimum atomic E-state index is -2.52. The third kappa shape index (κ3) is 6.29. The fraction of sp³-hybridized carbons (Fsp3) is 0.150. The molecule has 8 rings (SSSR count). The van der Waals surface area contributed by atoms with E-state index in [9.17, 15) is 0 Å². The summed E-state index contributed by atoms with van der Waals surface area (Å²) in [7, 11) is 0. The number of ether oxygens (including phenoxy) is 2. The van der Waals surface area contributed by atoms with Gasteiger partial charge in [-0.3, -0.25) is 0 Å². The Balaban J connectivity index is 0.000000291. The first-order chi connectivity index (χ1) is 23.8. The first-order valence-electron chi connectivity index (χ1n) is 17.4. The molecule has 4 nitrogen and oxygen atoms in total. The van der Waals surface area contributed by atoms with Gasteiger partial charge in [0.2, 0.25) is 6.71 Å². The Labute approximate surface area is 292 Å². The molecular weight excluding hydrogens is 743 g/mol. The second-order valence-electron chi connectivity index (χ2n) is 12.0. The van der Waals surface area contributed by atoms with Gasteiger partial charge >= 0.3 is 0 Å². The molecule has 0 unspecified atom stereocenters. The topological polar surface area (TPSA) is 44.2 Å². The van der Waals surface area contributed by atoms with Gasteiger partial charge in [-0.25, -0.2) is 0 Å². The number of nitrogens with zero attached hydrogens (tertiary/aromatic N) is 2. The van der Waals surface area contributed by atoms with Gasteiger partial charge in [0.1, 0.15) is 17.2 Å². The van der Waals surface area contributed by atoms with Crippen molar-refractivity contribution in [2.45, 2.75) is 34.0 Å². The molecule has 2 aliphatic rings. The number of hydrogen-bond donors (Lipinski definition) is 0. The molecule has 0 aliphatic carbocycles. The van der Waals surface area contributed by atoms with Gasteiger partial charge in [0, 0.05) is 50.6 Å². The van der Waals surface area contributed by atoms with Crippen molar-refractivity contribution in [2.24, 2.45) is 5.41 Å². The maximum Gasteiger partial charge on any atom is 0.241 e. The molecule has 46 heavy (non-hydrogen) atoms. The van der Waals surface area contributed by atoms with E-state index >= 15 is 0 Å². The average molecular weight is 782 g/mol. The standard InChI is InChI=1S/C29H25BNO2.C11H8N.Ir/c1-18-17-31-23(15-19(18)16-29(2,3)4)20-9-7-11-22-28(20)33-26-14-8-13-25-27(26)30(22)21-10-5-6-12-24(21)32-25;1-2-6-10(7-3-1)11-8-4-5-9-12-11;/h5-8,10-15,17H,16H2,1-4H3;1-6,8-9H;/q2*-1;/i1D3,16D2;;. The van der Waals surface area contributed by atoms with Crippen molar-refractivity contribution in [3.05, 3.63) is 139 Å². The zero-order chi connectivity index (χ0) is 35.3. The Bertz CT molecular complexity index is 2160. The Kier molecular flexibility index (Phi) is 7.30. The maximum atomic E-state index is 8.89. The van der Waals surface area contributed by atoms with Crippen LogP contribution in [0.4, 0.5) is 0 Å². The van der Waals surface area contributed by atoms with Crippen molar-refractivity contribution in [3.8, 4) is 45.5 Å². The van der Waals surface area contributed by atoms with E-state index < -0.39 is 18.6 Å². The smallest absolute Gasteiger partial charge is 0.241 e. The molecule has 6 heteroatoms. The summed E-state index contributed by atoms with van der Waals surface area (Å²) in [5, 5.41) is 0. The third-order valence-electron chi connectivity index (χ3n) is 7.59. The van der Waals surface area contributed by atoms with Crippen LogP contribution in [0.25, 0.3) is 22.5 Å². The van der Waals surface area contributed by atoms with Crippen molar-refractivity contribution < 1.29 is 36.4 Å². The summed E-state index contributed by atoms with van der Waals surface area (Å²) in [6, 6.07) is 39.0. The van der Waals surface area contributed by atoms with Gasteiger partial charge in [-0.1, -0.05) is 74.4 Å². The van der Waals surface area contributed by atoms with E-state index in [2.05, 4.69) is 22.1 Å². The van der Waals surface area contributed by atoms with E-state index in [1.165, 1.54) is 6.20 Å². The molecule has 2 aliphatic heterocycles. The molecule has 0 amide bonds. The Morgan fingerprint density at radius 1 is 0.783 bits per heavy atom. The summed E-state index contributed by atoms with van der Waals surface area (Å²) in [6.45, 7) is 2.62. The molecule has 0 bridgehead atoms. The number of hydrogen-bond acceptors (Lipinski definition) is 4. The van der Waals surface area contributed by atoms with Gasteiger partial charge in [0.05, 0.1) is 0 Å². The molecular formula is C40H33BIrN2O2-2. The maximum absolute atomic E-state index is 8.89. The fourth-order valence-electron chi connectivity index (χ4n) is 5.71. The van der Waals surface area contributed by atoms with Crippen LogP contribution in [-0.4, -0.2) is 16.7 Å². The third-order valence-corrected chi connectivity index (χ3v) is 7.59. The molecule has 0 atom stereocenters. The van der Waals surface area contributed by atoms with Crippen molar-refractivity contribution in [1.29, 1.82) is 0 Å². The average Bonchev–Trinajstić information content (AvgIpc) is 3.11. The van der Waals surface area contributed by atoms with Gasteiger partial charge in [0.15, 0.2) is 0 Å². The quantitative estimate of drug-likeness (QED) is 0.136. The van der Waals surface area contributed by atoms with E-state index in [1.54, 1.807) is 39.1 Å². The predicted octanol–water partition coefficient (Wildman–Crippen LogP) is 7.72. The first kappa shape index (κ1) is 25.7. The minimum Gasteiger partial charge on any atom is -0.503 e. The fourth-order valence-corrected chi connectivity index (χ4v) is 5.71. The van der Waals surface area contributed by atoms with E-state index in [0.717, 1.165) is 39.1 Å². The summed E-state index contributed by atoms with van der Waals surface area (Å²) in [5.74, 6) is 2.76. The molecule has 0 N–H and O–H groups in total. The number of benzene rings is 4. The monoisotopic (exact) mass is 782 g/mol. The Morgan fingerprint density at radius 2 is 1.57 bits per heavy atom.